The van der Waals surface area contributed by atoms with Crippen molar-refractivity contribution in [2.24, 2.45) is 5.92 Å². The number of benzene rings is 1. The molecule has 1 atom stereocenters. The van der Waals surface area contributed by atoms with Gasteiger partial charge in [-0.25, -0.2) is 0 Å². The summed E-state index contributed by atoms with van der Waals surface area (Å²) in [5.41, 5.74) is 6.92. The van der Waals surface area contributed by atoms with Crippen LogP contribution in [0, 0.1) is 5.92 Å². The Balaban J connectivity index is 1.58. The second kappa shape index (κ2) is 9.90. The number of hydrogen-bond acceptors (Lipinski definition) is 1. The first kappa shape index (κ1) is 19.1. The number of nitrogens with zero attached hydrogens (tertiary/aromatic N) is 1. The van der Waals surface area contributed by atoms with Gasteiger partial charge in [0, 0.05) is 11.8 Å². The maximum Gasteiger partial charge on any atom is 0.0702 e. The molecule has 1 unspecified atom stereocenters. The van der Waals surface area contributed by atoms with E-state index in [1.807, 2.05) is 0 Å². The topological polar surface area (TPSA) is 12.9 Å². The number of aryl methyl sites for hydroxylation is 1. The number of rotatable bonds is 10. The molecule has 2 aromatic rings. The Morgan fingerprint density at radius 1 is 0.846 bits per heavy atom. The molecule has 1 aliphatic carbocycles. The van der Waals surface area contributed by atoms with Crippen molar-refractivity contribution in [3.63, 3.8) is 0 Å². The molecular weight excluding hydrogens is 314 g/mol. The minimum absolute atomic E-state index is 0.867. The zero-order valence-electron chi connectivity index (χ0n) is 16.8. The summed E-state index contributed by atoms with van der Waals surface area (Å²) in [6, 6.07) is 11.5. The highest BCUT2D eigenvalue weighted by Crippen LogP contribution is 2.33. The lowest BCUT2D eigenvalue weighted by Crippen LogP contribution is -1.99. The first-order chi connectivity index (χ1) is 12.8. The van der Waals surface area contributed by atoms with Gasteiger partial charge < -0.3 is 0 Å². The summed E-state index contributed by atoms with van der Waals surface area (Å²) in [5.74, 6) is 0.867. The fraction of sp³-hybridized carbons (Fsp3) is 0.560. The molecule has 1 heterocycles. The van der Waals surface area contributed by atoms with Gasteiger partial charge in [0.05, 0.1) is 5.69 Å². The van der Waals surface area contributed by atoms with Gasteiger partial charge in [0.1, 0.15) is 0 Å². The molecular formula is C25H35N. The molecule has 1 aromatic heterocycles. The molecule has 0 bridgehead atoms. The largest absolute Gasteiger partial charge is 0.256 e. The van der Waals surface area contributed by atoms with Crippen molar-refractivity contribution in [3.8, 4) is 11.3 Å². The van der Waals surface area contributed by atoms with Gasteiger partial charge in [-0.15, -0.1) is 0 Å². The molecule has 1 nitrogen and oxygen atoms in total. The van der Waals surface area contributed by atoms with E-state index in [0.29, 0.717) is 0 Å². The highest BCUT2D eigenvalue weighted by Gasteiger charge is 2.21. The fourth-order valence-electron chi connectivity index (χ4n) is 4.25. The van der Waals surface area contributed by atoms with E-state index in [1.54, 1.807) is 11.1 Å². The predicted molar refractivity (Wildman–Crippen MR) is 113 cm³/mol. The van der Waals surface area contributed by atoms with Gasteiger partial charge in [-0.2, -0.15) is 0 Å². The third kappa shape index (κ3) is 5.19. The molecule has 3 rings (SSSR count). The Hall–Kier alpha value is -1.63. The molecule has 140 valence electrons. The number of pyridine rings is 1. The van der Waals surface area contributed by atoms with E-state index in [9.17, 15) is 0 Å². The van der Waals surface area contributed by atoms with E-state index in [-0.39, 0.29) is 0 Å². The van der Waals surface area contributed by atoms with Crippen LogP contribution in [0.15, 0.2) is 36.5 Å². The van der Waals surface area contributed by atoms with Crippen molar-refractivity contribution in [3.05, 3.63) is 53.2 Å². The summed E-state index contributed by atoms with van der Waals surface area (Å²) in [5, 5.41) is 0. The second-order valence-corrected chi connectivity index (χ2v) is 8.12. The molecule has 0 fully saturated rings. The molecule has 0 aliphatic heterocycles. The SMILES string of the molecule is CCCCCCC1Cc2ccc(-c3ccc(CCCCC)cn3)cc2C1. The van der Waals surface area contributed by atoms with Gasteiger partial charge in [-0.1, -0.05) is 70.6 Å². The monoisotopic (exact) mass is 349 g/mol. The Kier molecular flexibility index (Phi) is 7.29. The lowest BCUT2D eigenvalue weighted by atomic mass is 9.98. The van der Waals surface area contributed by atoms with Crippen molar-refractivity contribution in [2.45, 2.75) is 84.5 Å². The molecule has 0 spiro atoms. The Bertz CT molecular complexity index is 671. The summed E-state index contributed by atoms with van der Waals surface area (Å²) in [6.45, 7) is 4.55. The van der Waals surface area contributed by atoms with E-state index in [4.69, 9.17) is 4.98 Å². The second-order valence-electron chi connectivity index (χ2n) is 8.12. The van der Waals surface area contributed by atoms with Gasteiger partial charge >= 0.3 is 0 Å². The zero-order chi connectivity index (χ0) is 18.2. The third-order valence-corrected chi connectivity index (χ3v) is 5.88. The van der Waals surface area contributed by atoms with Crippen LogP contribution in [0.4, 0.5) is 0 Å². The minimum Gasteiger partial charge on any atom is -0.256 e. The van der Waals surface area contributed by atoms with Gasteiger partial charge in [0.25, 0.3) is 0 Å². The van der Waals surface area contributed by atoms with Crippen LogP contribution in [-0.2, 0) is 19.3 Å². The molecule has 0 N–H and O–H groups in total. The standard InChI is InChI=1S/C25H35N/c1-3-5-7-9-11-21-16-22-13-14-23(18-24(22)17-21)25-15-12-20(19-26-25)10-8-6-4-2/h12-15,18-19,21H,3-11,16-17H2,1-2H3. The molecule has 1 aromatic carbocycles. The number of fused-ring (bicyclic) bond motifs is 1. The molecule has 0 saturated carbocycles. The molecule has 0 amide bonds. The van der Waals surface area contributed by atoms with Gasteiger partial charge in [0.15, 0.2) is 0 Å². The maximum absolute atomic E-state index is 4.74. The van der Waals surface area contributed by atoms with E-state index in [0.717, 1.165) is 18.0 Å². The van der Waals surface area contributed by atoms with Crippen LogP contribution in [0.2, 0.25) is 0 Å². The van der Waals surface area contributed by atoms with E-state index in [1.165, 1.54) is 75.3 Å². The Morgan fingerprint density at radius 2 is 1.65 bits per heavy atom. The summed E-state index contributed by atoms with van der Waals surface area (Å²) in [4.78, 5) is 4.74. The quantitative estimate of drug-likeness (QED) is 0.414. The normalized spacial score (nSPS) is 16.0. The number of aromatic nitrogens is 1. The van der Waals surface area contributed by atoms with Crippen molar-refractivity contribution in [1.29, 1.82) is 0 Å². The summed E-state index contributed by atoms with van der Waals surface area (Å²) >= 11 is 0. The molecule has 1 aliphatic rings. The average Bonchev–Trinajstić information content (AvgIpc) is 3.08. The van der Waals surface area contributed by atoms with Crippen molar-refractivity contribution in [2.75, 3.05) is 0 Å². The molecule has 1 heteroatoms. The van der Waals surface area contributed by atoms with E-state index < -0.39 is 0 Å². The van der Waals surface area contributed by atoms with Crippen LogP contribution in [0.5, 0.6) is 0 Å². The molecule has 26 heavy (non-hydrogen) atoms. The molecule has 0 saturated heterocycles. The molecule has 0 radical (unpaired) electrons. The number of hydrogen-bond donors (Lipinski definition) is 0. The third-order valence-electron chi connectivity index (χ3n) is 5.88. The van der Waals surface area contributed by atoms with Gasteiger partial charge in [-0.3, -0.25) is 4.98 Å². The van der Waals surface area contributed by atoms with E-state index in [2.05, 4.69) is 50.4 Å². The van der Waals surface area contributed by atoms with Crippen molar-refractivity contribution >= 4 is 0 Å². The van der Waals surface area contributed by atoms with Crippen molar-refractivity contribution < 1.29 is 0 Å². The average molecular weight is 350 g/mol. The van der Waals surface area contributed by atoms with Crippen LogP contribution in [0.1, 0.15) is 81.9 Å². The van der Waals surface area contributed by atoms with Gasteiger partial charge in [-0.05, 0) is 66.8 Å². The maximum atomic E-state index is 4.74. The van der Waals surface area contributed by atoms with E-state index >= 15 is 0 Å². The highest BCUT2D eigenvalue weighted by atomic mass is 14.7. The predicted octanol–water partition coefficient (Wildman–Crippen LogP) is 7.17. The zero-order valence-corrected chi connectivity index (χ0v) is 16.8. The smallest absolute Gasteiger partial charge is 0.0702 e. The summed E-state index contributed by atoms with van der Waals surface area (Å²) < 4.78 is 0. The van der Waals surface area contributed by atoms with Crippen LogP contribution in [0.25, 0.3) is 11.3 Å². The van der Waals surface area contributed by atoms with Crippen LogP contribution >= 0.6 is 0 Å². The lowest BCUT2D eigenvalue weighted by molar-refractivity contribution is 0.475. The minimum atomic E-state index is 0.867. The first-order valence-corrected chi connectivity index (χ1v) is 10.9. The van der Waals surface area contributed by atoms with Crippen molar-refractivity contribution in [1.82, 2.24) is 4.98 Å². The Morgan fingerprint density at radius 3 is 2.42 bits per heavy atom. The first-order valence-electron chi connectivity index (χ1n) is 10.9. The van der Waals surface area contributed by atoms with Crippen LogP contribution in [0.3, 0.4) is 0 Å². The summed E-state index contributed by atoms with van der Waals surface area (Å²) in [6.07, 6.45) is 16.6. The van der Waals surface area contributed by atoms with Gasteiger partial charge in [0.2, 0.25) is 0 Å². The van der Waals surface area contributed by atoms with Crippen LogP contribution < -0.4 is 0 Å². The number of unbranched alkanes of at least 4 members (excludes halogenated alkanes) is 5. The lowest BCUT2D eigenvalue weighted by Gasteiger charge is -2.07. The summed E-state index contributed by atoms with van der Waals surface area (Å²) in [7, 11) is 0. The Labute approximate surface area is 160 Å². The fourth-order valence-corrected chi connectivity index (χ4v) is 4.25. The van der Waals surface area contributed by atoms with Crippen LogP contribution in [-0.4, -0.2) is 4.98 Å². The highest BCUT2D eigenvalue weighted by molar-refractivity contribution is 5.61.